The number of amides is 1. The lowest BCUT2D eigenvalue weighted by Gasteiger charge is -2.28. The van der Waals surface area contributed by atoms with Crippen molar-refractivity contribution < 1.29 is 23.3 Å². The van der Waals surface area contributed by atoms with Crippen molar-refractivity contribution in [2.24, 2.45) is 5.92 Å². The van der Waals surface area contributed by atoms with Crippen LogP contribution in [-0.4, -0.2) is 57.0 Å². The molecule has 0 unspecified atom stereocenters. The van der Waals surface area contributed by atoms with E-state index in [4.69, 9.17) is 4.74 Å². The summed E-state index contributed by atoms with van der Waals surface area (Å²) >= 11 is 0. The van der Waals surface area contributed by atoms with Crippen molar-refractivity contribution in [3.63, 3.8) is 0 Å². The molecule has 156 valence electrons. The van der Waals surface area contributed by atoms with E-state index < -0.39 is 10.0 Å². The minimum atomic E-state index is -3.58. The highest BCUT2D eigenvalue weighted by molar-refractivity contribution is 7.89. The molecule has 0 aromatic heterocycles. The second-order valence-electron chi connectivity index (χ2n) is 7.94. The van der Waals surface area contributed by atoms with Crippen LogP contribution in [-0.2, 0) is 19.6 Å². The third-order valence-electron chi connectivity index (χ3n) is 5.84. The quantitative estimate of drug-likeness (QED) is 0.737. The zero-order valence-electron chi connectivity index (χ0n) is 16.8. The van der Waals surface area contributed by atoms with Crippen molar-refractivity contribution in [1.29, 1.82) is 0 Å². The van der Waals surface area contributed by atoms with Crippen LogP contribution in [0, 0.1) is 5.92 Å². The molecule has 28 heavy (non-hydrogen) atoms. The molecule has 7 nitrogen and oxygen atoms in total. The molecule has 1 saturated carbocycles. The van der Waals surface area contributed by atoms with E-state index in [9.17, 15) is 13.2 Å². The summed E-state index contributed by atoms with van der Waals surface area (Å²) in [4.78, 5) is 12.8. The highest BCUT2D eigenvalue weighted by Crippen LogP contribution is 2.22. The van der Waals surface area contributed by atoms with Crippen LogP contribution in [0.1, 0.15) is 39.5 Å². The van der Waals surface area contributed by atoms with E-state index in [2.05, 4.69) is 17.6 Å². The lowest BCUT2D eigenvalue weighted by molar-refractivity contribution is -0.714. The van der Waals surface area contributed by atoms with Crippen molar-refractivity contribution in [3.05, 3.63) is 24.3 Å². The molecule has 1 aromatic carbocycles. The van der Waals surface area contributed by atoms with Gasteiger partial charge in [0.05, 0.1) is 24.2 Å². The van der Waals surface area contributed by atoms with Gasteiger partial charge >= 0.3 is 0 Å². The van der Waals surface area contributed by atoms with Crippen LogP contribution in [0.3, 0.4) is 0 Å². The number of sulfonamides is 1. The van der Waals surface area contributed by atoms with E-state index in [1.54, 1.807) is 24.3 Å². The van der Waals surface area contributed by atoms with Gasteiger partial charge in [0.1, 0.15) is 0 Å². The number of quaternary nitrogens is 1. The monoisotopic (exact) mass is 410 g/mol. The summed E-state index contributed by atoms with van der Waals surface area (Å²) in [5, 5.41) is 5.04. The molecule has 1 aliphatic carbocycles. The number of benzene rings is 1. The number of ether oxygens (including phenoxy) is 1. The molecule has 0 spiro atoms. The Balaban J connectivity index is 1.64. The first-order valence-electron chi connectivity index (χ1n) is 10.2. The Labute approximate surface area is 167 Å². The Bertz CT molecular complexity index is 777. The average molecular weight is 411 g/mol. The maximum atomic E-state index is 12.8. The minimum Gasteiger partial charge on any atom is -0.379 e. The summed E-state index contributed by atoms with van der Waals surface area (Å²) in [6.07, 6.45) is 4.86. The van der Waals surface area contributed by atoms with Gasteiger partial charge in [-0.25, -0.2) is 8.42 Å². The van der Waals surface area contributed by atoms with Crippen LogP contribution >= 0.6 is 0 Å². The molecule has 3 atom stereocenters. The van der Waals surface area contributed by atoms with E-state index >= 15 is 0 Å². The highest BCUT2D eigenvalue weighted by Gasteiger charge is 2.29. The molecule has 1 saturated heterocycles. The van der Waals surface area contributed by atoms with Crippen molar-refractivity contribution >= 4 is 21.6 Å². The number of carbonyl (C=O) groups excluding carboxylic acids is 1. The third-order valence-corrected chi connectivity index (χ3v) is 7.73. The first kappa shape index (κ1) is 21.2. The predicted molar refractivity (Wildman–Crippen MR) is 107 cm³/mol. The lowest BCUT2D eigenvalue weighted by atomic mass is 9.85. The summed E-state index contributed by atoms with van der Waals surface area (Å²) < 4.78 is 32.3. The second kappa shape index (κ2) is 9.35. The maximum absolute atomic E-state index is 12.8. The standard InChI is InChI=1S/C20H31N3O4S/c1-15-6-3-4-9-19(15)21-16(2)20(24)22-17-7-5-8-18(14-17)28(25,26)23-10-12-27-13-11-23/h5,7-8,14-16,19,21H,3-4,6,9-13H2,1-2H3,(H,22,24)/p+1/t15-,16+,19+/m1/s1. The molecule has 1 aliphatic heterocycles. The van der Waals surface area contributed by atoms with Gasteiger partial charge in [-0.15, -0.1) is 0 Å². The molecule has 3 N–H and O–H groups in total. The summed E-state index contributed by atoms with van der Waals surface area (Å²) in [5.74, 6) is 0.518. The van der Waals surface area contributed by atoms with Crippen LogP contribution in [0.5, 0.6) is 0 Å². The Morgan fingerprint density at radius 2 is 1.96 bits per heavy atom. The van der Waals surface area contributed by atoms with Gasteiger partial charge in [0.15, 0.2) is 6.04 Å². The number of morpholine rings is 1. The number of hydrogen-bond acceptors (Lipinski definition) is 4. The molecule has 0 radical (unpaired) electrons. The van der Waals surface area contributed by atoms with Crippen molar-refractivity contribution in [1.82, 2.24) is 4.31 Å². The summed E-state index contributed by atoms with van der Waals surface area (Å²) in [6.45, 7) is 5.68. The van der Waals surface area contributed by atoms with E-state index in [1.807, 2.05) is 6.92 Å². The normalized spacial score (nSPS) is 25.2. The van der Waals surface area contributed by atoms with Crippen LogP contribution in [0.4, 0.5) is 5.69 Å². The molecular formula is C20H32N3O4S+. The number of carbonyl (C=O) groups is 1. The molecular weight excluding hydrogens is 378 g/mol. The Kier molecular flexibility index (Phi) is 7.09. The molecule has 1 amide bonds. The average Bonchev–Trinajstić information content (AvgIpc) is 2.70. The summed E-state index contributed by atoms with van der Waals surface area (Å²) in [6, 6.07) is 6.76. The first-order valence-corrected chi connectivity index (χ1v) is 11.7. The largest absolute Gasteiger partial charge is 0.379 e. The molecule has 2 aliphatic rings. The fourth-order valence-electron chi connectivity index (χ4n) is 4.02. The molecule has 8 heteroatoms. The van der Waals surface area contributed by atoms with Crippen LogP contribution < -0.4 is 10.6 Å². The number of nitrogens with zero attached hydrogens (tertiary/aromatic N) is 1. The van der Waals surface area contributed by atoms with Gasteiger partial charge in [-0.2, -0.15) is 4.31 Å². The molecule has 0 bridgehead atoms. The van der Waals surface area contributed by atoms with E-state index in [-0.39, 0.29) is 16.8 Å². The Morgan fingerprint density at radius 3 is 2.68 bits per heavy atom. The van der Waals surface area contributed by atoms with Crippen molar-refractivity contribution in [3.8, 4) is 0 Å². The van der Waals surface area contributed by atoms with Gasteiger partial charge in [0.25, 0.3) is 5.91 Å². The van der Waals surface area contributed by atoms with Gasteiger partial charge in [-0.1, -0.05) is 19.4 Å². The SMILES string of the molecule is C[C@H]([NH2+][C@H]1CCCC[C@H]1C)C(=O)Nc1cccc(S(=O)(=O)N2CCOCC2)c1. The maximum Gasteiger partial charge on any atom is 0.282 e. The highest BCUT2D eigenvalue weighted by atomic mass is 32.2. The number of nitrogens with one attached hydrogen (secondary N) is 1. The van der Waals surface area contributed by atoms with E-state index in [0.29, 0.717) is 44.0 Å². The topological polar surface area (TPSA) is 92.3 Å². The number of hydrogen-bond donors (Lipinski definition) is 2. The Hall–Kier alpha value is -1.48. The zero-order chi connectivity index (χ0) is 20.1. The van der Waals surface area contributed by atoms with Crippen LogP contribution in [0.15, 0.2) is 29.2 Å². The van der Waals surface area contributed by atoms with Gasteiger partial charge in [-0.05, 0) is 44.4 Å². The van der Waals surface area contributed by atoms with E-state index in [0.717, 1.165) is 6.42 Å². The summed E-state index contributed by atoms with van der Waals surface area (Å²) in [5.41, 5.74) is 0.510. The van der Waals surface area contributed by atoms with Crippen molar-refractivity contribution in [2.75, 3.05) is 31.6 Å². The Morgan fingerprint density at radius 1 is 1.25 bits per heavy atom. The summed E-state index contributed by atoms with van der Waals surface area (Å²) in [7, 11) is -3.58. The first-order chi connectivity index (χ1) is 13.4. The molecule has 1 aromatic rings. The molecule has 1 heterocycles. The van der Waals surface area contributed by atoms with E-state index in [1.165, 1.54) is 23.6 Å². The fourth-order valence-corrected chi connectivity index (χ4v) is 5.47. The molecule has 3 rings (SSSR count). The lowest BCUT2D eigenvalue weighted by Crippen LogP contribution is -2.97. The van der Waals surface area contributed by atoms with Crippen molar-refractivity contribution in [2.45, 2.75) is 56.5 Å². The van der Waals surface area contributed by atoms with Gasteiger partial charge in [0.2, 0.25) is 10.0 Å². The van der Waals surface area contributed by atoms with Gasteiger partial charge < -0.3 is 15.4 Å². The molecule has 2 fully saturated rings. The number of anilines is 1. The van der Waals surface area contributed by atoms with Crippen LogP contribution in [0.2, 0.25) is 0 Å². The number of nitrogens with two attached hydrogens (primary N) is 1. The fraction of sp³-hybridized carbons (Fsp3) is 0.650. The predicted octanol–water partition coefficient (Wildman–Crippen LogP) is 1.18. The third kappa shape index (κ3) is 5.11. The minimum absolute atomic E-state index is 0.0984. The number of rotatable bonds is 6. The van der Waals surface area contributed by atoms with Crippen LogP contribution in [0.25, 0.3) is 0 Å². The van der Waals surface area contributed by atoms with Gasteiger partial charge in [0, 0.05) is 24.7 Å². The smallest absolute Gasteiger partial charge is 0.282 e. The second-order valence-corrected chi connectivity index (χ2v) is 9.88. The van der Waals surface area contributed by atoms with Gasteiger partial charge in [-0.3, -0.25) is 4.79 Å². The zero-order valence-corrected chi connectivity index (χ0v) is 17.6.